The zero-order valence-corrected chi connectivity index (χ0v) is 13.1. The molecule has 1 aromatic carbocycles. The van der Waals surface area contributed by atoms with Crippen molar-refractivity contribution in [1.82, 2.24) is 5.32 Å². The molecule has 0 saturated carbocycles. The van der Waals surface area contributed by atoms with Crippen molar-refractivity contribution >= 4 is 15.7 Å². The highest BCUT2D eigenvalue weighted by Gasteiger charge is 2.28. The van der Waals surface area contributed by atoms with Gasteiger partial charge in [-0.2, -0.15) is 0 Å². The fraction of sp³-hybridized carbons (Fsp3) is 0.312. The van der Waals surface area contributed by atoms with Gasteiger partial charge in [-0.3, -0.25) is 4.79 Å². The number of benzene rings is 1. The Labute approximate surface area is 133 Å². The Hall–Kier alpha value is -2.15. The number of hydrogen-bond acceptors (Lipinski definition) is 4. The Morgan fingerprint density at radius 2 is 2.04 bits per heavy atom. The van der Waals surface area contributed by atoms with Crippen molar-refractivity contribution in [3.8, 4) is 11.3 Å². The molecule has 122 valence electrons. The summed E-state index contributed by atoms with van der Waals surface area (Å²) in [7, 11) is -2.96. The molecular formula is C16H16FNO4S. The molecule has 1 amide bonds. The minimum atomic E-state index is -2.96. The molecule has 1 aliphatic rings. The topological polar surface area (TPSA) is 76.4 Å². The second-order valence-corrected chi connectivity index (χ2v) is 7.85. The molecule has 1 unspecified atom stereocenters. The van der Waals surface area contributed by atoms with Crippen molar-refractivity contribution in [1.29, 1.82) is 0 Å². The maximum Gasteiger partial charge on any atom is 0.287 e. The zero-order valence-electron chi connectivity index (χ0n) is 12.3. The van der Waals surface area contributed by atoms with E-state index < -0.39 is 21.6 Å². The van der Waals surface area contributed by atoms with Crippen LogP contribution in [-0.4, -0.2) is 32.4 Å². The summed E-state index contributed by atoms with van der Waals surface area (Å²) >= 11 is 0. The molecule has 1 N–H and O–H groups in total. The number of rotatable bonds is 4. The van der Waals surface area contributed by atoms with Crippen molar-refractivity contribution in [2.75, 3.05) is 18.1 Å². The Morgan fingerprint density at radius 3 is 2.74 bits per heavy atom. The van der Waals surface area contributed by atoms with E-state index in [1.807, 2.05) is 0 Å². The van der Waals surface area contributed by atoms with Crippen LogP contribution in [0.15, 0.2) is 40.8 Å². The van der Waals surface area contributed by atoms with Gasteiger partial charge in [0.2, 0.25) is 0 Å². The van der Waals surface area contributed by atoms with Crippen LogP contribution in [0.1, 0.15) is 17.0 Å². The van der Waals surface area contributed by atoms with E-state index in [1.54, 1.807) is 18.2 Å². The second-order valence-electron chi connectivity index (χ2n) is 5.62. The lowest BCUT2D eigenvalue weighted by Crippen LogP contribution is -2.29. The van der Waals surface area contributed by atoms with E-state index in [-0.39, 0.29) is 41.1 Å². The van der Waals surface area contributed by atoms with Gasteiger partial charge >= 0.3 is 0 Å². The summed E-state index contributed by atoms with van der Waals surface area (Å²) in [5, 5.41) is 2.67. The quantitative estimate of drug-likeness (QED) is 0.928. The fourth-order valence-electron chi connectivity index (χ4n) is 2.62. The molecule has 7 heteroatoms. The van der Waals surface area contributed by atoms with Crippen molar-refractivity contribution in [2.45, 2.75) is 6.42 Å². The highest BCUT2D eigenvalue weighted by Crippen LogP contribution is 2.25. The van der Waals surface area contributed by atoms with E-state index in [0.29, 0.717) is 6.42 Å². The van der Waals surface area contributed by atoms with Gasteiger partial charge in [0.1, 0.15) is 11.6 Å². The summed E-state index contributed by atoms with van der Waals surface area (Å²) < 4.78 is 41.9. The molecule has 1 aromatic heterocycles. The second kappa shape index (κ2) is 6.16. The predicted molar refractivity (Wildman–Crippen MR) is 83.2 cm³/mol. The first-order valence-electron chi connectivity index (χ1n) is 7.28. The first kappa shape index (κ1) is 15.7. The normalized spacial score (nSPS) is 19.6. The molecule has 3 rings (SSSR count). The van der Waals surface area contributed by atoms with Gasteiger partial charge in [-0.1, -0.05) is 12.1 Å². The van der Waals surface area contributed by atoms with E-state index >= 15 is 0 Å². The Bertz CT molecular complexity index is 828. The highest BCUT2D eigenvalue weighted by atomic mass is 32.2. The average Bonchev–Trinajstić information content (AvgIpc) is 3.12. The van der Waals surface area contributed by atoms with Gasteiger partial charge in [-0.25, -0.2) is 12.8 Å². The monoisotopic (exact) mass is 337 g/mol. The van der Waals surface area contributed by atoms with Crippen LogP contribution < -0.4 is 5.32 Å². The summed E-state index contributed by atoms with van der Waals surface area (Å²) in [5.41, 5.74) is 0.286. The summed E-state index contributed by atoms with van der Waals surface area (Å²) in [4.78, 5) is 12.0. The van der Waals surface area contributed by atoms with Crippen molar-refractivity contribution < 1.29 is 22.0 Å². The standard InChI is InChI=1S/C16H16FNO4S/c17-13-4-2-1-3-12(13)14-5-6-15(22-14)16(19)18-9-11-7-8-23(20,21)10-11/h1-6,11H,7-10H2,(H,18,19). The minimum absolute atomic E-state index is 0.0649. The molecule has 0 spiro atoms. The lowest BCUT2D eigenvalue weighted by atomic mass is 10.1. The van der Waals surface area contributed by atoms with Crippen LogP contribution >= 0.6 is 0 Å². The van der Waals surface area contributed by atoms with Crippen LogP contribution in [0.2, 0.25) is 0 Å². The number of carbonyl (C=O) groups excluding carboxylic acids is 1. The van der Waals surface area contributed by atoms with Crippen LogP contribution in [0.25, 0.3) is 11.3 Å². The SMILES string of the molecule is O=C(NCC1CCS(=O)(=O)C1)c1ccc(-c2ccccc2F)o1. The molecule has 1 aliphatic heterocycles. The van der Waals surface area contributed by atoms with Crippen molar-refractivity contribution in [3.05, 3.63) is 48.0 Å². The smallest absolute Gasteiger partial charge is 0.287 e. The maximum atomic E-state index is 13.7. The Morgan fingerprint density at radius 1 is 1.26 bits per heavy atom. The molecule has 23 heavy (non-hydrogen) atoms. The summed E-state index contributed by atoms with van der Waals surface area (Å²) in [6.45, 7) is 0.286. The highest BCUT2D eigenvalue weighted by molar-refractivity contribution is 7.91. The van der Waals surface area contributed by atoms with Gasteiger partial charge in [0.25, 0.3) is 5.91 Å². The van der Waals surface area contributed by atoms with Gasteiger partial charge < -0.3 is 9.73 Å². The molecule has 1 atom stereocenters. The van der Waals surface area contributed by atoms with Gasteiger partial charge in [0, 0.05) is 6.54 Å². The van der Waals surface area contributed by atoms with Crippen LogP contribution in [0.4, 0.5) is 4.39 Å². The minimum Gasteiger partial charge on any atom is -0.451 e. The summed E-state index contributed by atoms with van der Waals surface area (Å²) in [5.74, 6) is -0.301. The number of carbonyl (C=O) groups is 1. The first-order chi connectivity index (χ1) is 10.9. The van der Waals surface area contributed by atoms with Gasteiger partial charge in [-0.05, 0) is 36.6 Å². The molecule has 0 aliphatic carbocycles. The molecule has 2 heterocycles. The van der Waals surface area contributed by atoms with Crippen molar-refractivity contribution in [2.24, 2.45) is 5.92 Å². The molecule has 1 saturated heterocycles. The Balaban J connectivity index is 1.64. The average molecular weight is 337 g/mol. The number of furan rings is 1. The summed E-state index contributed by atoms with van der Waals surface area (Å²) in [6.07, 6.45) is 0.557. The van der Waals surface area contributed by atoms with E-state index in [2.05, 4.69) is 5.32 Å². The lowest BCUT2D eigenvalue weighted by molar-refractivity contribution is 0.0921. The van der Waals surface area contributed by atoms with E-state index in [0.717, 1.165) is 0 Å². The Kier molecular flexibility index (Phi) is 4.21. The third-order valence-corrected chi connectivity index (χ3v) is 5.68. The number of nitrogens with one attached hydrogen (secondary N) is 1. The number of amides is 1. The number of hydrogen-bond donors (Lipinski definition) is 1. The molecule has 1 fully saturated rings. The van der Waals surface area contributed by atoms with Gasteiger partial charge in [-0.15, -0.1) is 0 Å². The zero-order chi connectivity index (χ0) is 16.4. The van der Waals surface area contributed by atoms with Crippen LogP contribution in [0, 0.1) is 11.7 Å². The first-order valence-corrected chi connectivity index (χ1v) is 9.10. The van der Waals surface area contributed by atoms with E-state index in [4.69, 9.17) is 4.42 Å². The van der Waals surface area contributed by atoms with Gasteiger partial charge in [0.15, 0.2) is 15.6 Å². The largest absolute Gasteiger partial charge is 0.451 e. The summed E-state index contributed by atoms with van der Waals surface area (Å²) in [6, 6.07) is 9.15. The van der Waals surface area contributed by atoms with Gasteiger partial charge in [0.05, 0.1) is 17.1 Å². The van der Waals surface area contributed by atoms with Crippen LogP contribution in [-0.2, 0) is 9.84 Å². The third kappa shape index (κ3) is 3.61. The maximum absolute atomic E-state index is 13.7. The van der Waals surface area contributed by atoms with E-state index in [9.17, 15) is 17.6 Å². The molecule has 5 nitrogen and oxygen atoms in total. The van der Waals surface area contributed by atoms with Crippen molar-refractivity contribution in [3.63, 3.8) is 0 Å². The lowest BCUT2D eigenvalue weighted by Gasteiger charge is -2.08. The molecule has 2 aromatic rings. The van der Waals surface area contributed by atoms with E-state index in [1.165, 1.54) is 18.2 Å². The fourth-order valence-corrected chi connectivity index (χ4v) is 4.48. The third-order valence-electron chi connectivity index (χ3n) is 3.85. The van der Waals surface area contributed by atoms with Crippen LogP contribution in [0.3, 0.4) is 0 Å². The molecule has 0 bridgehead atoms. The molecular weight excluding hydrogens is 321 g/mol. The number of halogens is 1. The molecule has 0 radical (unpaired) electrons. The predicted octanol–water partition coefficient (Wildman–Crippen LogP) is 2.25. The number of sulfone groups is 1. The van der Waals surface area contributed by atoms with Crippen LogP contribution in [0.5, 0.6) is 0 Å².